The maximum absolute atomic E-state index is 3.74. The van der Waals surface area contributed by atoms with Crippen LogP contribution < -0.4 is 5.32 Å². The monoisotopic (exact) mass is 183 g/mol. The summed E-state index contributed by atoms with van der Waals surface area (Å²) in [6.07, 6.45) is 6.99. The maximum atomic E-state index is 3.74. The van der Waals surface area contributed by atoms with E-state index in [4.69, 9.17) is 0 Å². The minimum absolute atomic E-state index is 0.417. The lowest BCUT2D eigenvalue weighted by atomic mass is 9.82. The third-order valence-corrected chi connectivity index (χ3v) is 3.00. The SMILES string of the molecule is CC(C)(C)CNC1(C)CCCCC1. The quantitative estimate of drug-likeness (QED) is 0.692. The molecule has 0 aromatic heterocycles. The molecule has 1 rings (SSSR count). The van der Waals surface area contributed by atoms with Crippen LogP contribution in [0, 0.1) is 5.41 Å². The van der Waals surface area contributed by atoms with E-state index in [1.54, 1.807) is 0 Å². The molecule has 0 aliphatic heterocycles. The molecular weight excluding hydrogens is 158 g/mol. The number of nitrogens with one attached hydrogen (secondary N) is 1. The molecule has 1 nitrogen and oxygen atoms in total. The molecule has 0 aromatic carbocycles. The molecule has 0 bridgehead atoms. The summed E-state index contributed by atoms with van der Waals surface area (Å²) in [7, 11) is 0. The van der Waals surface area contributed by atoms with E-state index in [1.165, 1.54) is 32.1 Å². The first kappa shape index (κ1) is 11.0. The molecule has 0 heterocycles. The first-order valence-corrected chi connectivity index (χ1v) is 5.66. The average molecular weight is 183 g/mol. The second kappa shape index (κ2) is 4.00. The second-order valence-corrected chi connectivity index (χ2v) is 6.04. The van der Waals surface area contributed by atoms with Crippen molar-refractivity contribution in [2.24, 2.45) is 5.41 Å². The van der Waals surface area contributed by atoms with E-state index in [2.05, 4.69) is 33.0 Å². The molecule has 0 spiro atoms. The third-order valence-electron chi connectivity index (χ3n) is 3.00. The van der Waals surface area contributed by atoms with E-state index in [1.807, 2.05) is 0 Å². The van der Waals surface area contributed by atoms with Crippen LogP contribution in [0.3, 0.4) is 0 Å². The molecule has 0 saturated heterocycles. The summed E-state index contributed by atoms with van der Waals surface area (Å²) in [5.41, 5.74) is 0.853. The van der Waals surface area contributed by atoms with Gasteiger partial charge in [-0.2, -0.15) is 0 Å². The Morgan fingerprint density at radius 1 is 1.08 bits per heavy atom. The maximum Gasteiger partial charge on any atom is 0.0153 e. The lowest BCUT2D eigenvalue weighted by Crippen LogP contribution is -2.47. The lowest BCUT2D eigenvalue weighted by Gasteiger charge is -2.37. The van der Waals surface area contributed by atoms with Crippen molar-refractivity contribution in [1.82, 2.24) is 5.32 Å². The minimum atomic E-state index is 0.417. The summed E-state index contributed by atoms with van der Waals surface area (Å²) in [6.45, 7) is 10.4. The Labute approximate surface area is 83.3 Å². The van der Waals surface area contributed by atoms with Crippen LogP contribution >= 0.6 is 0 Å². The van der Waals surface area contributed by atoms with Gasteiger partial charge in [-0.1, -0.05) is 40.0 Å². The molecule has 0 unspecified atom stereocenters. The molecule has 13 heavy (non-hydrogen) atoms. The lowest BCUT2D eigenvalue weighted by molar-refractivity contribution is 0.221. The molecule has 1 fully saturated rings. The van der Waals surface area contributed by atoms with Crippen LogP contribution in [0.25, 0.3) is 0 Å². The fourth-order valence-corrected chi connectivity index (χ4v) is 1.99. The first-order valence-electron chi connectivity index (χ1n) is 5.66. The highest BCUT2D eigenvalue weighted by atomic mass is 15.0. The Morgan fingerprint density at radius 3 is 2.08 bits per heavy atom. The molecule has 1 aliphatic carbocycles. The smallest absolute Gasteiger partial charge is 0.0153 e. The standard InChI is InChI=1S/C12H25N/c1-11(2,3)10-13-12(4)8-6-5-7-9-12/h13H,5-10H2,1-4H3. The topological polar surface area (TPSA) is 12.0 Å². The molecular formula is C12H25N. The normalized spacial score (nSPS) is 23.1. The van der Waals surface area contributed by atoms with Crippen molar-refractivity contribution in [3.8, 4) is 0 Å². The molecule has 1 N–H and O–H groups in total. The highest BCUT2D eigenvalue weighted by Gasteiger charge is 2.27. The van der Waals surface area contributed by atoms with E-state index < -0.39 is 0 Å². The van der Waals surface area contributed by atoms with Gasteiger partial charge >= 0.3 is 0 Å². The van der Waals surface area contributed by atoms with Crippen molar-refractivity contribution in [3.05, 3.63) is 0 Å². The van der Waals surface area contributed by atoms with Crippen LogP contribution in [0.2, 0.25) is 0 Å². The predicted molar refractivity (Wildman–Crippen MR) is 58.9 cm³/mol. The summed E-state index contributed by atoms with van der Waals surface area (Å²) >= 11 is 0. The zero-order valence-electron chi connectivity index (χ0n) is 9.74. The second-order valence-electron chi connectivity index (χ2n) is 6.04. The highest BCUT2D eigenvalue weighted by molar-refractivity contribution is 4.87. The summed E-state index contributed by atoms with van der Waals surface area (Å²) in [5.74, 6) is 0. The van der Waals surface area contributed by atoms with Crippen molar-refractivity contribution < 1.29 is 0 Å². The molecule has 0 atom stereocenters. The van der Waals surface area contributed by atoms with E-state index in [9.17, 15) is 0 Å². The fraction of sp³-hybridized carbons (Fsp3) is 1.00. The average Bonchev–Trinajstić information content (AvgIpc) is 2.02. The minimum Gasteiger partial charge on any atom is -0.311 e. The number of hydrogen-bond donors (Lipinski definition) is 1. The van der Waals surface area contributed by atoms with Crippen molar-refractivity contribution in [2.75, 3.05) is 6.54 Å². The van der Waals surface area contributed by atoms with Crippen LogP contribution in [0.4, 0.5) is 0 Å². The molecule has 1 saturated carbocycles. The van der Waals surface area contributed by atoms with Gasteiger partial charge in [0.15, 0.2) is 0 Å². The summed E-state index contributed by atoms with van der Waals surface area (Å²) in [4.78, 5) is 0. The van der Waals surface area contributed by atoms with Gasteiger partial charge in [0.2, 0.25) is 0 Å². The van der Waals surface area contributed by atoms with Crippen LogP contribution in [-0.2, 0) is 0 Å². The van der Waals surface area contributed by atoms with Crippen molar-refractivity contribution in [3.63, 3.8) is 0 Å². The Morgan fingerprint density at radius 2 is 1.62 bits per heavy atom. The molecule has 1 aliphatic rings. The predicted octanol–water partition coefficient (Wildman–Crippen LogP) is 3.34. The fourth-order valence-electron chi connectivity index (χ4n) is 1.99. The van der Waals surface area contributed by atoms with E-state index >= 15 is 0 Å². The van der Waals surface area contributed by atoms with Gasteiger partial charge in [0.05, 0.1) is 0 Å². The number of rotatable bonds is 2. The van der Waals surface area contributed by atoms with Gasteiger partial charge < -0.3 is 5.32 Å². The van der Waals surface area contributed by atoms with E-state index in [-0.39, 0.29) is 0 Å². The Hall–Kier alpha value is -0.0400. The van der Waals surface area contributed by atoms with Crippen molar-refractivity contribution in [1.29, 1.82) is 0 Å². The molecule has 0 amide bonds. The van der Waals surface area contributed by atoms with Gasteiger partial charge in [-0.15, -0.1) is 0 Å². The first-order chi connectivity index (χ1) is 5.91. The highest BCUT2D eigenvalue weighted by Crippen LogP contribution is 2.28. The molecule has 78 valence electrons. The third kappa shape index (κ3) is 4.12. The molecule has 1 heteroatoms. The van der Waals surface area contributed by atoms with Gasteiger partial charge in [-0.05, 0) is 25.2 Å². The zero-order valence-corrected chi connectivity index (χ0v) is 9.74. The molecule has 0 aromatic rings. The number of hydrogen-bond acceptors (Lipinski definition) is 1. The molecule has 0 radical (unpaired) electrons. The van der Waals surface area contributed by atoms with Gasteiger partial charge in [0.25, 0.3) is 0 Å². The van der Waals surface area contributed by atoms with E-state index in [0.29, 0.717) is 11.0 Å². The van der Waals surface area contributed by atoms with Crippen LogP contribution in [-0.4, -0.2) is 12.1 Å². The van der Waals surface area contributed by atoms with Crippen molar-refractivity contribution >= 4 is 0 Å². The van der Waals surface area contributed by atoms with Gasteiger partial charge in [-0.3, -0.25) is 0 Å². The van der Waals surface area contributed by atoms with Crippen LogP contribution in [0.1, 0.15) is 59.8 Å². The zero-order chi connectivity index (χ0) is 9.95. The van der Waals surface area contributed by atoms with Crippen molar-refractivity contribution in [2.45, 2.75) is 65.3 Å². The van der Waals surface area contributed by atoms with E-state index in [0.717, 1.165) is 6.54 Å². The van der Waals surface area contributed by atoms with Gasteiger partial charge in [-0.25, -0.2) is 0 Å². The largest absolute Gasteiger partial charge is 0.311 e. The Bertz CT molecular complexity index is 149. The summed E-state index contributed by atoms with van der Waals surface area (Å²) < 4.78 is 0. The van der Waals surface area contributed by atoms with Crippen LogP contribution in [0.5, 0.6) is 0 Å². The summed E-state index contributed by atoms with van der Waals surface area (Å²) in [6, 6.07) is 0. The summed E-state index contributed by atoms with van der Waals surface area (Å²) in [5, 5.41) is 3.74. The Balaban J connectivity index is 2.33. The van der Waals surface area contributed by atoms with Crippen LogP contribution in [0.15, 0.2) is 0 Å². The Kier molecular flexibility index (Phi) is 3.39. The van der Waals surface area contributed by atoms with Gasteiger partial charge in [0.1, 0.15) is 0 Å². The van der Waals surface area contributed by atoms with Gasteiger partial charge in [0, 0.05) is 12.1 Å².